The zero-order valence-electron chi connectivity index (χ0n) is 15.1. The molecule has 1 aromatic carbocycles. The van der Waals surface area contributed by atoms with E-state index < -0.39 is 0 Å². The summed E-state index contributed by atoms with van der Waals surface area (Å²) in [6, 6.07) is 9.85. The maximum atomic E-state index is 12.5. The van der Waals surface area contributed by atoms with Gasteiger partial charge >= 0.3 is 0 Å². The Kier molecular flexibility index (Phi) is 5.11. The maximum absolute atomic E-state index is 12.5. The summed E-state index contributed by atoms with van der Waals surface area (Å²) in [6.07, 6.45) is 4.61. The van der Waals surface area contributed by atoms with E-state index in [2.05, 4.69) is 15.6 Å². The number of rotatable bonds is 4. The van der Waals surface area contributed by atoms with Crippen LogP contribution in [0.15, 0.2) is 36.5 Å². The first-order valence-electron chi connectivity index (χ1n) is 9.39. The zero-order chi connectivity index (χ0) is 18.6. The molecule has 1 fully saturated rings. The van der Waals surface area contributed by atoms with Crippen molar-refractivity contribution in [1.29, 1.82) is 0 Å². The number of carbonyl (C=O) groups excluding carboxylic acids is 2. The standard InChI is InChI=1S/C20H23N5O2/c26-18-12-25(10-9-21-18)13-19(27)23-16-7-4-8-17-15(16)11-22-20(24-17)14-5-2-1-3-6-14/h1-3,5-6,11,16H,4,7-10,12-13H2,(H,21,26)(H,23,27). The Bertz CT molecular complexity index is 840. The lowest BCUT2D eigenvalue weighted by Gasteiger charge is -2.29. The van der Waals surface area contributed by atoms with Gasteiger partial charge in [-0.2, -0.15) is 0 Å². The highest BCUT2D eigenvalue weighted by Gasteiger charge is 2.25. The lowest BCUT2D eigenvalue weighted by Crippen LogP contribution is -2.51. The van der Waals surface area contributed by atoms with Gasteiger partial charge in [-0.25, -0.2) is 9.97 Å². The Labute approximate surface area is 158 Å². The fraction of sp³-hybridized carbons (Fsp3) is 0.400. The van der Waals surface area contributed by atoms with Crippen molar-refractivity contribution in [3.8, 4) is 11.4 Å². The summed E-state index contributed by atoms with van der Waals surface area (Å²) in [5, 5.41) is 5.87. The molecule has 1 aromatic heterocycles. The van der Waals surface area contributed by atoms with Gasteiger partial charge in [0.15, 0.2) is 5.82 Å². The predicted octanol–water partition coefficient (Wildman–Crippen LogP) is 1.07. The van der Waals surface area contributed by atoms with Gasteiger partial charge in [0, 0.05) is 36.1 Å². The normalized spacial score (nSPS) is 19.9. The number of benzene rings is 1. The van der Waals surface area contributed by atoms with Gasteiger partial charge in [-0.15, -0.1) is 0 Å². The number of hydrogen-bond donors (Lipinski definition) is 2. The minimum absolute atomic E-state index is 0.0288. The number of fused-ring (bicyclic) bond motifs is 1. The van der Waals surface area contributed by atoms with E-state index in [0.717, 1.165) is 41.9 Å². The Balaban J connectivity index is 1.45. The molecule has 2 aliphatic rings. The van der Waals surface area contributed by atoms with Gasteiger partial charge in [-0.05, 0) is 19.3 Å². The van der Waals surface area contributed by atoms with Crippen molar-refractivity contribution in [2.45, 2.75) is 25.3 Å². The van der Waals surface area contributed by atoms with Gasteiger partial charge in [-0.3, -0.25) is 14.5 Å². The molecule has 1 saturated heterocycles. The zero-order valence-corrected chi connectivity index (χ0v) is 15.1. The molecule has 4 rings (SSSR count). The lowest BCUT2D eigenvalue weighted by molar-refractivity contribution is -0.127. The van der Waals surface area contributed by atoms with Crippen LogP contribution >= 0.6 is 0 Å². The molecule has 1 aliphatic carbocycles. The molecule has 2 amide bonds. The van der Waals surface area contributed by atoms with Gasteiger partial charge in [-0.1, -0.05) is 30.3 Å². The summed E-state index contributed by atoms with van der Waals surface area (Å²) in [5.41, 5.74) is 3.01. The third-order valence-corrected chi connectivity index (χ3v) is 5.03. The molecule has 1 aliphatic heterocycles. The van der Waals surface area contributed by atoms with Crippen LogP contribution < -0.4 is 10.6 Å². The van der Waals surface area contributed by atoms with Gasteiger partial charge in [0.1, 0.15) is 0 Å². The summed E-state index contributed by atoms with van der Waals surface area (Å²) in [5.74, 6) is 0.634. The molecular weight excluding hydrogens is 342 g/mol. The second-order valence-electron chi connectivity index (χ2n) is 7.03. The summed E-state index contributed by atoms with van der Waals surface area (Å²) in [7, 11) is 0. The SMILES string of the molecule is O=C1CN(CC(=O)NC2CCCc3nc(-c4ccccc4)ncc32)CCN1. The molecule has 0 spiro atoms. The topological polar surface area (TPSA) is 87.2 Å². The average molecular weight is 365 g/mol. The molecule has 140 valence electrons. The van der Waals surface area contributed by atoms with E-state index in [1.54, 1.807) is 0 Å². The van der Waals surface area contributed by atoms with E-state index in [0.29, 0.717) is 13.1 Å². The van der Waals surface area contributed by atoms with E-state index in [1.807, 2.05) is 41.4 Å². The van der Waals surface area contributed by atoms with Crippen molar-refractivity contribution in [3.05, 3.63) is 47.8 Å². The number of aromatic nitrogens is 2. The van der Waals surface area contributed by atoms with Crippen LogP contribution in [0.3, 0.4) is 0 Å². The Morgan fingerprint density at radius 3 is 2.96 bits per heavy atom. The molecule has 0 saturated carbocycles. The largest absolute Gasteiger partial charge is 0.354 e. The number of nitrogens with one attached hydrogen (secondary N) is 2. The predicted molar refractivity (Wildman–Crippen MR) is 101 cm³/mol. The fourth-order valence-corrected chi connectivity index (χ4v) is 3.69. The molecule has 2 heterocycles. The second-order valence-corrected chi connectivity index (χ2v) is 7.03. The molecule has 27 heavy (non-hydrogen) atoms. The van der Waals surface area contributed by atoms with Crippen molar-refractivity contribution in [1.82, 2.24) is 25.5 Å². The first-order chi connectivity index (χ1) is 13.2. The van der Waals surface area contributed by atoms with Crippen molar-refractivity contribution >= 4 is 11.8 Å². The Morgan fingerprint density at radius 1 is 1.30 bits per heavy atom. The van der Waals surface area contributed by atoms with Crippen molar-refractivity contribution in [3.63, 3.8) is 0 Å². The van der Waals surface area contributed by atoms with Crippen LogP contribution in [0, 0.1) is 0 Å². The van der Waals surface area contributed by atoms with Crippen LogP contribution in [0.5, 0.6) is 0 Å². The third-order valence-electron chi connectivity index (χ3n) is 5.03. The molecule has 0 bridgehead atoms. The van der Waals surface area contributed by atoms with Crippen LogP contribution in [0.1, 0.15) is 30.1 Å². The molecule has 1 unspecified atom stereocenters. The van der Waals surface area contributed by atoms with Crippen LogP contribution in [-0.4, -0.2) is 52.9 Å². The van der Waals surface area contributed by atoms with E-state index >= 15 is 0 Å². The number of carbonyl (C=O) groups is 2. The smallest absolute Gasteiger partial charge is 0.234 e. The molecule has 2 aromatic rings. The van der Waals surface area contributed by atoms with Crippen LogP contribution in [0.4, 0.5) is 0 Å². The van der Waals surface area contributed by atoms with E-state index in [9.17, 15) is 9.59 Å². The van der Waals surface area contributed by atoms with Crippen molar-refractivity contribution in [2.24, 2.45) is 0 Å². The number of hydrogen-bond acceptors (Lipinski definition) is 5. The summed E-state index contributed by atoms with van der Waals surface area (Å²) >= 11 is 0. The maximum Gasteiger partial charge on any atom is 0.234 e. The molecule has 1 atom stereocenters. The van der Waals surface area contributed by atoms with E-state index in [-0.39, 0.29) is 30.9 Å². The first-order valence-corrected chi connectivity index (χ1v) is 9.39. The van der Waals surface area contributed by atoms with Crippen molar-refractivity contribution in [2.75, 3.05) is 26.2 Å². The summed E-state index contributed by atoms with van der Waals surface area (Å²) < 4.78 is 0. The quantitative estimate of drug-likeness (QED) is 0.846. The second kappa shape index (κ2) is 7.84. The summed E-state index contributed by atoms with van der Waals surface area (Å²) in [6.45, 7) is 1.80. The Morgan fingerprint density at radius 2 is 2.15 bits per heavy atom. The first kappa shape index (κ1) is 17.6. The van der Waals surface area contributed by atoms with Gasteiger partial charge in [0.2, 0.25) is 11.8 Å². The van der Waals surface area contributed by atoms with E-state index in [4.69, 9.17) is 4.98 Å². The highest BCUT2D eigenvalue weighted by molar-refractivity contribution is 5.82. The summed E-state index contributed by atoms with van der Waals surface area (Å²) in [4.78, 5) is 35.0. The van der Waals surface area contributed by atoms with Gasteiger partial charge in [0.05, 0.1) is 19.1 Å². The number of amides is 2. The van der Waals surface area contributed by atoms with Crippen LogP contribution in [0.2, 0.25) is 0 Å². The molecule has 7 nitrogen and oxygen atoms in total. The van der Waals surface area contributed by atoms with Gasteiger partial charge in [0.25, 0.3) is 0 Å². The average Bonchev–Trinajstić information content (AvgIpc) is 2.68. The Hall–Kier alpha value is -2.80. The molecule has 7 heteroatoms. The van der Waals surface area contributed by atoms with Crippen LogP contribution in [0.25, 0.3) is 11.4 Å². The highest BCUT2D eigenvalue weighted by Crippen LogP contribution is 2.29. The lowest BCUT2D eigenvalue weighted by atomic mass is 9.92. The molecular formula is C20H23N5O2. The third kappa shape index (κ3) is 4.14. The van der Waals surface area contributed by atoms with Crippen molar-refractivity contribution < 1.29 is 9.59 Å². The minimum Gasteiger partial charge on any atom is -0.354 e. The molecule has 0 radical (unpaired) electrons. The highest BCUT2D eigenvalue weighted by atomic mass is 16.2. The number of nitrogens with zero attached hydrogens (tertiary/aromatic N) is 3. The monoisotopic (exact) mass is 365 g/mol. The number of aryl methyl sites for hydroxylation is 1. The fourth-order valence-electron chi connectivity index (χ4n) is 3.69. The van der Waals surface area contributed by atoms with E-state index in [1.165, 1.54) is 0 Å². The minimum atomic E-state index is -0.0651. The van der Waals surface area contributed by atoms with Gasteiger partial charge < -0.3 is 10.6 Å². The molecule has 2 N–H and O–H groups in total. The number of piperazine rings is 1. The van der Waals surface area contributed by atoms with Crippen LogP contribution in [-0.2, 0) is 16.0 Å².